The van der Waals surface area contributed by atoms with Crippen molar-refractivity contribution in [3.8, 4) is 22.0 Å². The van der Waals surface area contributed by atoms with E-state index >= 15 is 0 Å². The van der Waals surface area contributed by atoms with Crippen molar-refractivity contribution >= 4 is 48.6 Å². The van der Waals surface area contributed by atoms with Crippen molar-refractivity contribution in [3.05, 3.63) is 35.8 Å². The molecular weight excluding hydrogens is 374 g/mol. The molecule has 0 radical (unpaired) electrons. The van der Waals surface area contributed by atoms with Gasteiger partial charge in [0.2, 0.25) is 5.96 Å². The monoisotopic (exact) mass is 393 g/mol. The summed E-state index contributed by atoms with van der Waals surface area (Å²) in [5.74, 6) is 0.824. The van der Waals surface area contributed by atoms with Crippen LogP contribution >= 0.6 is 37.0 Å². The summed E-state index contributed by atoms with van der Waals surface area (Å²) in [5, 5.41) is 9.41. The molecular formula is C15H19N7S3. The quantitative estimate of drug-likeness (QED) is 0.404. The van der Waals surface area contributed by atoms with Crippen LogP contribution in [0.5, 0.6) is 0 Å². The first-order chi connectivity index (χ1) is 11.8. The molecule has 4 rings (SSSR count). The van der Waals surface area contributed by atoms with Gasteiger partial charge in [0.25, 0.3) is 0 Å². The molecule has 0 unspecified atom stereocenters. The minimum atomic E-state index is 0. The number of anilines is 1. The van der Waals surface area contributed by atoms with E-state index in [-0.39, 0.29) is 13.5 Å². The average Bonchev–Trinajstić information content (AvgIpc) is 3.04. The molecule has 0 bridgehead atoms. The van der Waals surface area contributed by atoms with E-state index in [1.165, 1.54) is 12.1 Å². The molecule has 7 nitrogen and oxygen atoms in total. The zero-order valence-corrected chi connectivity index (χ0v) is 16.0. The van der Waals surface area contributed by atoms with Gasteiger partial charge in [-0.25, -0.2) is 9.07 Å². The molecule has 1 aliphatic heterocycles. The summed E-state index contributed by atoms with van der Waals surface area (Å²) in [6.07, 6.45) is 3.08. The maximum absolute atomic E-state index is 6.02. The smallest absolute Gasteiger partial charge is 0.202 e. The standard InChI is InChI=1S/C15H17N7S2.H2S/c16-11-5-2-1-4-10(11)14-19-13(9-23-14)12-8-22(20-12)24-21-15-17-6-3-7-18-15;/h1-2,4-5,8-9,20H,3,6-7,16H2,(H2,17,18,21);1H2. The van der Waals surface area contributed by atoms with Gasteiger partial charge < -0.3 is 11.1 Å². The van der Waals surface area contributed by atoms with E-state index < -0.39 is 0 Å². The van der Waals surface area contributed by atoms with E-state index in [0.29, 0.717) is 0 Å². The molecule has 0 amide bonds. The summed E-state index contributed by atoms with van der Waals surface area (Å²) in [4.78, 5) is 9.02. The van der Waals surface area contributed by atoms with Gasteiger partial charge in [-0.3, -0.25) is 14.8 Å². The molecule has 10 heteroatoms. The Bertz CT molecular complexity index is 852. The lowest BCUT2D eigenvalue weighted by molar-refractivity contribution is 0.730. The van der Waals surface area contributed by atoms with E-state index in [2.05, 4.69) is 25.1 Å². The predicted molar refractivity (Wildman–Crippen MR) is 111 cm³/mol. The highest BCUT2D eigenvalue weighted by molar-refractivity contribution is 7.96. The normalized spacial score (nSPS) is 13.7. The molecule has 0 fully saturated rings. The number of hydrogen-bond donors (Lipinski definition) is 4. The Balaban J connectivity index is 0.00000182. The van der Waals surface area contributed by atoms with Gasteiger partial charge in [-0.15, -0.1) is 11.3 Å². The molecule has 25 heavy (non-hydrogen) atoms. The lowest BCUT2D eigenvalue weighted by Crippen LogP contribution is -2.38. The number of para-hydroxylation sites is 1. The molecule has 0 atom stereocenters. The Morgan fingerprint density at radius 1 is 1.32 bits per heavy atom. The van der Waals surface area contributed by atoms with Crippen molar-refractivity contribution in [2.24, 2.45) is 4.99 Å². The number of thiazole rings is 1. The second kappa shape index (κ2) is 7.89. The molecule has 5 N–H and O–H groups in total. The highest BCUT2D eigenvalue weighted by Crippen LogP contribution is 2.32. The van der Waals surface area contributed by atoms with Gasteiger partial charge >= 0.3 is 0 Å². The third-order valence-electron chi connectivity index (χ3n) is 3.59. The Hall–Kier alpha value is -2.04. The van der Waals surface area contributed by atoms with Crippen LogP contribution in [0.25, 0.3) is 22.0 Å². The highest BCUT2D eigenvalue weighted by atomic mass is 32.2. The van der Waals surface area contributed by atoms with Crippen LogP contribution in [0.4, 0.5) is 5.69 Å². The number of nitrogens with two attached hydrogens (primary N) is 1. The molecule has 0 aliphatic carbocycles. The number of nitrogens with one attached hydrogen (secondary N) is 3. The van der Waals surface area contributed by atoms with Crippen LogP contribution in [-0.2, 0) is 0 Å². The fraction of sp³-hybridized carbons (Fsp3) is 0.200. The van der Waals surface area contributed by atoms with Crippen LogP contribution in [0, 0.1) is 0 Å². The van der Waals surface area contributed by atoms with Crippen molar-refractivity contribution in [2.45, 2.75) is 6.42 Å². The number of hydrogen-bond acceptors (Lipinski definition) is 7. The number of aliphatic imine (C=N–C) groups is 1. The van der Waals surface area contributed by atoms with Crippen LogP contribution in [0.2, 0.25) is 0 Å². The third kappa shape index (κ3) is 3.97. The minimum Gasteiger partial charge on any atom is -0.398 e. The lowest BCUT2D eigenvalue weighted by Gasteiger charge is -2.17. The first-order valence-corrected chi connectivity index (χ1v) is 9.25. The average molecular weight is 394 g/mol. The van der Waals surface area contributed by atoms with Crippen LogP contribution in [-0.4, -0.2) is 33.2 Å². The number of H-pyrrole nitrogens is 1. The number of benzene rings is 1. The minimum absolute atomic E-state index is 0. The second-order valence-electron chi connectivity index (χ2n) is 5.31. The van der Waals surface area contributed by atoms with Crippen LogP contribution in [0.15, 0.2) is 40.8 Å². The number of nitrogen functional groups attached to an aromatic ring is 1. The zero-order chi connectivity index (χ0) is 16.4. The summed E-state index contributed by atoms with van der Waals surface area (Å²) in [7, 11) is 0. The molecule has 3 aromatic rings. The molecule has 0 saturated heterocycles. The van der Waals surface area contributed by atoms with E-state index in [1.807, 2.05) is 39.9 Å². The van der Waals surface area contributed by atoms with Crippen LogP contribution < -0.4 is 15.8 Å². The summed E-state index contributed by atoms with van der Waals surface area (Å²) in [6, 6.07) is 7.78. The van der Waals surface area contributed by atoms with Gasteiger partial charge in [-0.2, -0.15) is 13.5 Å². The van der Waals surface area contributed by atoms with Crippen molar-refractivity contribution < 1.29 is 0 Å². The topological polar surface area (TPSA) is 96.0 Å². The molecule has 1 aliphatic rings. The number of nitrogens with zero attached hydrogens (tertiary/aromatic N) is 3. The van der Waals surface area contributed by atoms with Crippen molar-refractivity contribution in [1.82, 2.24) is 24.2 Å². The van der Waals surface area contributed by atoms with Gasteiger partial charge in [-0.05, 0) is 18.6 Å². The summed E-state index contributed by atoms with van der Waals surface area (Å²) in [6.45, 7) is 1.83. The van der Waals surface area contributed by atoms with E-state index in [0.717, 1.165) is 53.1 Å². The Morgan fingerprint density at radius 3 is 2.92 bits per heavy atom. The first-order valence-electron chi connectivity index (χ1n) is 7.59. The van der Waals surface area contributed by atoms with Gasteiger partial charge in [0.1, 0.15) is 16.4 Å². The molecule has 132 valence electrons. The first kappa shape index (κ1) is 17.8. The van der Waals surface area contributed by atoms with Crippen molar-refractivity contribution in [2.75, 3.05) is 18.8 Å². The zero-order valence-electron chi connectivity index (χ0n) is 13.3. The molecule has 0 spiro atoms. The number of aromatic nitrogens is 3. The van der Waals surface area contributed by atoms with Gasteiger partial charge in [-0.1, -0.05) is 12.1 Å². The van der Waals surface area contributed by atoms with Crippen LogP contribution in [0.1, 0.15) is 6.42 Å². The lowest BCUT2D eigenvalue weighted by atomic mass is 10.2. The predicted octanol–water partition coefficient (Wildman–Crippen LogP) is 2.65. The van der Waals surface area contributed by atoms with E-state index in [9.17, 15) is 0 Å². The summed E-state index contributed by atoms with van der Waals surface area (Å²) >= 11 is 3.02. The van der Waals surface area contributed by atoms with Crippen LogP contribution in [0.3, 0.4) is 0 Å². The van der Waals surface area contributed by atoms with Gasteiger partial charge in [0.05, 0.1) is 18.3 Å². The van der Waals surface area contributed by atoms with E-state index in [4.69, 9.17) is 5.73 Å². The fourth-order valence-electron chi connectivity index (χ4n) is 2.31. The van der Waals surface area contributed by atoms with Gasteiger partial charge in [0.15, 0.2) is 0 Å². The highest BCUT2D eigenvalue weighted by Gasteiger charge is 2.13. The Labute approximate surface area is 160 Å². The number of guanidine groups is 1. The summed E-state index contributed by atoms with van der Waals surface area (Å²) in [5.41, 5.74) is 9.64. The SMILES string of the molecule is Nc1ccccc1-c1nc(-c2cn(SNC3=NCCCN3)[nH]2)cs1.S. The molecule has 1 aromatic carbocycles. The Kier molecular flexibility index (Phi) is 5.61. The molecule has 3 heterocycles. The molecule has 0 saturated carbocycles. The fourth-order valence-corrected chi connectivity index (χ4v) is 3.80. The van der Waals surface area contributed by atoms with E-state index in [1.54, 1.807) is 11.3 Å². The molecule has 2 aromatic heterocycles. The largest absolute Gasteiger partial charge is 0.398 e. The maximum Gasteiger partial charge on any atom is 0.202 e. The van der Waals surface area contributed by atoms with Crippen molar-refractivity contribution in [1.29, 1.82) is 0 Å². The Morgan fingerprint density at radius 2 is 2.16 bits per heavy atom. The van der Waals surface area contributed by atoms with Gasteiger partial charge in [0, 0.05) is 29.7 Å². The third-order valence-corrected chi connectivity index (χ3v) is 5.14. The number of aromatic amines is 1. The maximum atomic E-state index is 6.02. The summed E-state index contributed by atoms with van der Waals surface area (Å²) < 4.78 is 5.05. The second-order valence-corrected chi connectivity index (χ2v) is 6.95. The van der Waals surface area contributed by atoms with Crippen molar-refractivity contribution in [3.63, 3.8) is 0 Å². The number of rotatable bonds is 4.